The standard InChI is InChI=1S/C12H15BrN4/c1-3-14-11(9-7-16-17(2)8-9)12-10(13)5-4-6-15-12/h4-8,11,14H,3H2,1-2H3. The molecule has 0 bridgehead atoms. The molecule has 2 aromatic rings. The van der Waals surface area contributed by atoms with Gasteiger partial charge in [0.2, 0.25) is 0 Å². The highest BCUT2D eigenvalue weighted by Gasteiger charge is 2.18. The molecule has 2 aromatic heterocycles. The van der Waals surface area contributed by atoms with E-state index < -0.39 is 0 Å². The van der Waals surface area contributed by atoms with Crippen LogP contribution in [0.3, 0.4) is 0 Å². The quantitative estimate of drug-likeness (QED) is 0.941. The molecule has 4 nitrogen and oxygen atoms in total. The van der Waals surface area contributed by atoms with E-state index in [2.05, 4.69) is 38.3 Å². The Labute approximate surface area is 109 Å². The molecule has 0 aliphatic carbocycles. The summed E-state index contributed by atoms with van der Waals surface area (Å²) in [6.45, 7) is 2.96. The van der Waals surface area contributed by atoms with Gasteiger partial charge in [-0.2, -0.15) is 5.10 Å². The highest BCUT2D eigenvalue weighted by Crippen LogP contribution is 2.26. The molecule has 0 fully saturated rings. The third-order valence-corrected chi connectivity index (χ3v) is 3.20. The molecule has 1 atom stereocenters. The zero-order chi connectivity index (χ0) is 12.3. The summed E-state index contributed by atoms with van der Waals surface area (Å²) in [6, 6.07) is 3.99. The third kappa shape index (κ3) is 2.73. The lowest BCUT2D eigenvalue weighted by Gasteiger charge is -2.16. The molecule has 5 heteroatoms. The van der Waals surface area contributed by atoms with Gasteiger partial charge in [0.1, 0.15) is 0 Å². The Morgan fingerprint density at radius 1 is 1.53 bits per heavy atom. The number of hydrogen-bond donors (Lipinski definition) is 1. The highest BCUT2D eigenvalue weighted by atomic mass is 79.9. The average molecular weight is 295 g/mol. The first kappa shape index (κ1) is 12.3. The van der Waals surface area contributed by atoms with Crippen LogP contribution in [0.4, 0.5) is 0 Å². The van der Waals surface area contributed by atoms with E-state index in [9.17, 15) is 0 Å². The predicted molar refractivity (Wildman–Crippen MR) is 70.7 cm³/mol. The SMILES string of the molecule is CCNC(c1cnn(C)c1)c1ncccc1Br. The molecule has 1 N–H and O–H groups in total. The van der Waals surface area contributed by atoms with E-state index in [1.807, 2.05) is 31.6 Å². The predicted octanol–water partition coefficient (Wildman–Crippen LogP) is 2.28. The first-order valence-corrected chi connectivity index (χ1v) is 6.34. The van der Waals surface area contributed by atoms with E-state index >= 15 is 0 Å². The topological polar surface area (TPSA) is 42.7 Å². The third-order valence-electron chi connectivity index (χ3n) is 2.53. The van der Waals surface area contributed by atoms with Gasteiger partial charge in [-0.15, -0.1) is 0 Å². The first-order chi connectivity index (χ1) is 8.22. The summed E-state index contributed by atoms with van der Waals surface area (Å²) in [7, 11) is 1.92. The van der Waals surface area contributed by atoms with Crippen LogP contribution in [-0.4, -0.2) is 21.3 Å². The Morgan fingerprint density at radius 2 is 2.35 bits per heavy atom. The van der Waals surface area contributed by atoms with Crippen molar-refractivity contribution in [1.82, 2.24) is 20.1 Å². The fourth-order valence-electron chi connectivity index (χ4n) is 1.78. The molecule has 17 heavy (non-hydrogen) atoms. The Morgan fingerprint density at radius 3 is 2.94 bits per heavy atom. The largest absolute Gasteiger partial charge is 0.305 e. The van der Waals surface area contributed by atoms with Crippen LogP contribution < -0.4 is 5.32 Å². The van der Waals surface area contributed by atoms with Gasteiger partial charge in [0, 0.05) is 29.5 Å². The minimum absolute atomic E-state index is 0.0734. The number of nitrogens with zero attached hydrogens (tertiary/aromatic N) is 3. The maximum atomic E-state index is 4.44. The van der Waals surface area contributed by atoms with Crippen molar-refractivity contribution in [2.75, 3.05) is 6.54 Å². The Balaban J connectivity index is 2.39. The van der Waals surface area contributed by atoms with E-state index in [1.165, 1.54) is 0 Å². The van der Waals surface area contributed by atoms with Gasteiger partial charge < -0.3 is 5.32 Å². The summed E-state index contributed by atoms with van der Waals surface area (Å²) in [5, 5.41) is 7.63. The molecule has 0 aliphatic rings. The zero-order valence-electron chi connectivity index (χ0n) is 9.89. The summed E-state index contributed by atoms with van der Waals surface area (Å²) in [4.78, 5) is 4.44. The molecule has 1 unspecified atom stereocenters. The second kappa shape index (κ2) is 5.42. The normalized spacial score (nSPS) is 12.6. The van der Waals surface area contributed by atoms with Crippen molar-refractivity contribution in [1.29, 1.82) is 0 Å². The Hall–Kier alpha value is -1.20. The lowest BCUT2D eigenvalue weighted by atomic mass is 10.1. The van der Waals surface area contributed by atoms with E-state index in [-0.39, 0.29) is 6.04 Å². The highest BCUT2D eigenvalue weighted by molar-refractivity contribution is 9.10. The van der Waals surface area contributed by atoms with Gasteiger partial charge in [-0.3, -0.25) is 9.67 Å². The minimum atomic E-state index is 0.0734. The van der Waals surface area contributed by atoms with Crippen LogP contribution in [0.1, 0.15) is 24.2 Å². The van der Waals surface area contributed by atoms with Crippen LogP contribution >= 0.6 is 15.9 Å². The number of pyridine rings is 1. The van der Waals surface area contributed by atoms with Gasteiger partial charge in [-0.05, 0) is 34.6 Å². The summed E-state index contributed by atoms with van der Waals surface area (Å²) < 4.78 is 2.81. The Kier molecular flexibility index (Phi) is 3.91. The summed E-state index contributed by atoms with van der Waals surface area (Å²) in [5.74, 6) is 0. The van der Waals surface area contributed by atoms with Crippen LogP contribution in [0, 0.1) is 0 Å². The molecule has 0 saturated heterocycles. The smallest absolute Gasteiger partial charge is 0.0793 e. The average Bonchev–Trinajstić information content (AvgIpc) is 2.74. The van der Waals surface area contributed by atoms with Gasteiger partial charge in [-0.1, -0.05) is 6.92 Å². The number of rotatable bonds is 4. The lowest BCUT2D eigenvalue weighted by molar-refractivity contribution is 0.612. The molecular weight excluding hydrogens is 280 g/mol. The molecule has 90 valence electrons. The molecular formula is C12H15BrN4. The van der Waals surface area contributed by atoms with Crippen molar-refractivity contribution < 1.29 is 0 Å². The number of hydrogen-bond acceptors (Lipinski definition) is 3. The van der Waals surface area contributed by atoms with Crippen molar-refractivity contribution in [3.05, 3.63) is 46.5 Å². The van der Waals surface area contributed by atoms with Crippen molar-refractivity contribution in [2.24, 2.45) is 7.05 Å². The zero-order valence-corrected chi connectivity index (χ0v) is 11.5. The number of aryl methyl sites for hydroxylation is 1. The summed E-state index contributed by atoms with van der Waals surface area (Å²) in [6.07, 6.45) is 5.68. The number of aromatic nitrogens is 3. The molecule has 0 radical (unpaired) electrons. The molecule has 0 saturated carbocycles. The van der Waals surface area contributed by atoms with Gasteiger partial charge in [0.15, 0.2) is 0 Å². The fraction of sp³-hybridized carbons (Fsp3) is 0.333. The van der Waals surface area contributed by atoms with Crippen LogP contribution in [0.5, 0.6) is 0 Å². The maximum absolute atomic E-state index is 4.44. The molecule has 0 amide bonds. The Bertz CT molecular complexity index is 495. The van der Waals surface area contributed by atoms with Crippen molar-refractivity contribution >= 4 is 15.9 Å². The second-order valence-corrected chi connectivity index (χ2v) is 4.66. The van der Waals surface area contributed by atoms with Crippen LogP contribution in [-0.2, 0) is 7.05 Å². The minimum Gasteiger partial charge on any atom is -0.305 e. The molecule has 2 rings (SSSR count). The van der Waals surface area contributed by atoms with Gasteiger partial charge in [-0.25, -0.2) is 0 Å². The van der Waals surface area contributed by atoms with Crippen molar-refractivity contribution in [3.8, 4) is 0 Å². The fourth-order valence-corrected chi connectivity index (χ4v) is 2.26. The van der Waals surface area contributed by atoms with Gasteiger partial charge in [0.05, 0.1) is 17.9 Å². The van der Waals surface area contributed by atoms with Crippen LogP contribution in [0.25, 0.3) is 0 Å². The van der Waals surface area contributed by atoms with Crippen molar-refractivity contribution in [2.45, 2.75) is 13.0 Å². The van der Waals surface area contributed by atoms with Crippen molar-refractivity contribution in [3.63, 3.8) is 0 Å². The molecule has 0 aliphatic heterocycles. The summed E-state index contributed by atoms with van der Waals surface area (Å²) in [5.41, 5.74) is 2.11. The van der Waals surface area contributed by atoms with Gasteiger partial charge in [0.25, 0.3) is 0 Å². The molecule has 0 aromatic carbocycles. The van der Waals surface area contributed by atoms with Gasteiger partial charge >= 0.3 is 0 Å². The van der Waals surface area contributed by atoms with E-state index in [0.717, 1.165) is 22.3 Å². The monoisotopic (exact) mass is 294 g/mol. The van der Waals surface area contributed by atoms with E-state index in [4.69, 9.17) is 0 Å². The lowest BCUT2D eigenvalue weighted by Crippen LogP contribution is -2.23. The number of nitrogens with one attached hydrogen (secondary N) is 1. The van der Waals surface area contributed by atoms with Crippen LogP contribution in [0.2, 0.25) is 0 Å². The summed E-state index contributed by atoms with van der Waals surface area (Å²) >= 11 is 3.54. The first-order valence-electron chi connectivity index (χ1n) is 5.54. The van der Waals surface area contributed by atoms with Crippen LogP contribution in [0.15, 0.2) is 35.2 Å². The van der Waals surface area contributed by atoms with E-state index in [1.54, 1.807) is 10.9 Å². The van der Waals surface area contributed by atoms with E-state index in [0.29, 0.717) is 0 Å². The second-order valence-electron chi connectivity index (χ2n) is 3.81. The maximum Gasteiger partial charge on any atom is 0.0793 e. The molecule has 0 spiro atoms. The number of halogens is 1. The molecule has 2 heterocycles.